The molecule has 0 amide bonds. The average Bonchev–Trinajstić information content (AvgIpc) is 3.06. The van der Waals surface area contributed by atoms with Gasteiger partial charge in [0.15, 0.2) is 5.16 Å². The highest BCUT2D eigenvalue weighted by Crippen LogP contribution is 2.35. The third kappa shape index (κ3) is 3.30. The molecule has 0 radical (unpaired) electrons. The summed E-state index contributed by atoms with van der Waals surface area (Å²) in [5.41, 5.74) is 1.24. The van der Waals surface area contributed by atoms with Gasteiger partial charge in [0, 0.05) is 19.4 Å². The van der Waals surface area contributed by atoms with Crippen LogP contribution in [0.3, 0.4) is 0 Å². The van der Waals surface area contributed by atoms with Gasteiger partial charge in [0.25, 0.3) is 0 Å². The van der Waals surface area contributed by atoms with Crippen molar-refractivity contribution in [3.05, 3.63) is 54.1 Å². The molecule has 0 saturated heterocycles. The van der Waals surface area contributed by atoms with E-state index in [1.807, 2.05) is 42.9 Å². The number of rotatable bonds is 5. The molecule has 0 saturated carbocycles. The Hall–Kier alpha value is -1.73. The molecule has 0 unspecified atom stereocenters. The minimum atomic E-state index is 0.781. The highest BCUT2D eigenvalue weighted by atomic mass is 33.1. The highest BCUT2D eigenvalue weighted by Gasteiger charge is 2.12. The van der Waals surface area contributed by atoms with Crippen LogP contribution in [0.4, 0.5) is 0 Å². The van der Waals surface area contributed by atoms with Crippen molar-refractivity contribution in [2.75, 3.05) is 0 Å². The third-order valence-corrected chi connectivity index (χ3v) is 5.27. The summed E-state index contributed by atoms with van der Waals surface area (Å²) < 4.78 is 4.11. The maximum Gasteiger partial charge on any atom is 0.202 e. The second kappa shape index (κ2) is 6.36. The van der Waals surface area contributed by atoms with Crippen molar-refractivity contribution in [3.63, 3.8) is 0 Å². The van der Waals surface area contributed by atoms with Crippen LogP contribution in [-0.2, 0) is 13.6 Å². The molecule has 0 fully saturated rings. The maximum atomic E-state index is 4.30. The maximum absolute atomic E-state index is 4.30. The van der Waals surface area contributed by atoms with E-state index in [9.17, 15) is 0 Å². The zero-order chi connectivity index (χ0) is 14.7. The number of aromatic nitrogens is 5. The lowest BCUT2D eigenvalue weighted by Gasteiger charge is -2.07. The molecular formula is C14H15N5S2. The highest BCUT2D eigenvalue weighted by molar-refractivity contribution is 8.76. The topological polar surface area (TPSA) is 48.5 Å². The van der Waals surface area contributed by atoms with Crippen molar-refractivity contribution < 1.29 is 0 Å². The van der Waals surface area contributed by atoms with Crippen molar-refractivity contribution in [2.24, 2.45) is 7.05 Å². The van der Waals surface area contributed by atoms with Crippen molar-refractivity contribution >= 4 is 21.6 Å². The lowest BCUT2D eigenvalue weighted by molar-refractivity contribution is 0.690. The van der Waals surface area contributed by atoms with Gasteiger partial charge in [-0.25, -0.2) is 4.98 Å². The number of aryl methyl sites for hydroxylation is 2. The lowest BCUT2D eigenvalue weighted by Crippen LogP contribution is -2.03. The van der Waals surface area contributed by atoms with E-state index in [4.69, 9.17) is 0 Å². The van der Waals surface area contributed by atoms with Gasteiger partial charge in [0.2, 0.25) is 5.16 Å². The molecule has 2 heterocycles. The largest absolute Gasteiger partial charge is 0.328 e. The molecule has 2 aromatic heterocycles. The van der Waals surface area contributed by atoms with Gasteiger partial charge in [0.1, 0.15) is 5.82 Å². The van der Waals surface area contributed by atoms with E-state index in [2.05, 4.69) is 31.9 Å². The molecule has 5 nitrogen and oxygen atoms in total. The molecule has 0 N–H and O–H groups in total. The predicted octanol–water partition coefficient (Wildman–Crippen LogP) is 3.17. The minimum Gasteiger partial charge on any atom is -0.328 e. The van der Waals surface area contributed by atoms with Gasteiger partial charge in [-0.2, -0.15) is 0 Å². The Morgan fingerprint density at radius 2 is 1.81 bits per heavy atom. The normalized spacial score (nSPS) is 11.0. The first-order valence-corrected chi connectivity index (χ1v) is 8.64. The standard InChI is InChI=1S/C14H15N5S2/c1-11-16-17-14(21-20-13-15-8-9-18(13)2)19(11)10-12-6-4-3-5-7-12/h3-9H,10H2,1-2H3. The van der Waals surface area contributed by atoms with Crippen LogP contribution >= 0.6 is 21.6 Å². The van der Waals surface area contributed by atoms with Crippen molar-refractivity contribution in [1.29, 1.82) is 0 Å². The van der Waals surface area contributed by atoms with E-state index in [1.54, 1.807) is 27.8 Å². The fourth-order valence-corrected chi connectivity index (χ4v) is 3.97. The molecule has 0 aliphatic heterocycles. The first kappa shape index (κ1) is 14.2. The van der Waals surface area contributed by atoms with Gasteiger partial charge in [-0.15, -0.1) is 10.2 Å². The Bertz CT molecular complexity index is 720. The fourth-order valence-electron chi connectivity index (χ4n) is 1.88. The second-order valence-electron chi connectivity index (χ2n) is 4.59. The first-order valence-electron chi connectivity index (χ1n) is 6.49. The summed E-state index contributed by atoms with van der Waals surface area (Å²) in [6.45, 7) is 2.76. The van der Waals surface area contributed by atoms with E-state index >= 15 is 0 Å². The molecule has 7 heteroatoms. The van der Waals surface area contributed by atoms with Crippen molar-refractivity contribution in [3.8, 4) is 0 Å². The van der Waals surface area contributed by atoms with Crippen molar-refractivity contribution in [2.45, 2.75) is 23.8 Å². The quantitative estimate of drug-likeness (QED) is 0.677. The molecular weight excluding hydrogens is 302 g/mol. The molecule has 3 aromatic rings. The van der Waals surface area contributed by atoms with Crippen LogP contribution in [0.5, 0.6) is 0 Å². The molecule has 0 aliphatic carbocycles. The number of hydrogen-bond acceptors (Lipinski definition) is 5. The molecule has 0 atom stereocenters. The van der Waals surface area contributed by atoms with Gasteiger partial charge in [-0.05, 0) is 34.1 Å². The van der Waals surface area contributed by atoms with E-state index in [0.29, 0.717) is 0 Å². The van der Waals surface area contributed by atoms with Crippen LogP contribution in [0.15, 0.2) is 53.0 Å². The summed E-state index contributed by atoms with van der Waals surface area (Å²) >= 11 is 0. The first-order chi connectivity index (χ1) is 10.2. The zero-order valence-corrected chi connectivity index (χ0v) is 13.4. The smallest absolute Gasteiger partial charge is 0.202 e. The molecule has 0 aliphatic rings. The Labute approximate surface area is 131 Å². The summed E-state index contributed by atoms with van der Waals surface area (Å²) in [5.74, 6) is 0.918. The summed E-state index contributed by atoms with van der Waals surface area (Å²) in [6, 6.07) is 10.3. The van der Waals surface area contributed by atoms with Crippen LogP contribution < -0.4 is 0 Å². The molecule has 1 aromatic carbocycles. The van der Waals surface area contributed by atoms with Crippen molar-refractivity contribution in [1.82, 2.24) is 24.3 Å². The lowest BCUT2D eigenvalue weighted by atomic mass is 10.2. The van der Waals surface area contributed by atoms with E-state index in [1.165, 1.54) is 5.56 Å². The van der Waals surface area contributed by atoms with E-state index in [0.717, 1.165) is 22.7 Å². The van der Waals surface area contributed by atoms with Gasteiger partial charge < -0.3 is 9.13 Å². The average molecular weight is 317 g/mol. The van der Waals surface area contributed by atoms with Crippen LogP contribution in [0.2, 0.25) is 0 Å². The summed E-state index contributed by atoms with van der Waals surface area (Å²) in [6.07, 6.45) is 3.73. The Morgan fingerprint density at radius 3 is 2.52 bits per heavy atom. The second-order valence-corrected chi connectivity index (χ2v) is 6.65. The van der Waals surface area contributed by atoms with Crippen LogP contribution in [0, 0.1) is 6.92 Å². The molecule has 0 bridgehead atoms. The fraction of sp³-hybridized carbons (Fsp3) is 0.214. The molecule has 3 rings (SSSR count). The van der Waals surface area contributed by atoms with Gasteiger partial charge in [0.05, 0.1) is 6.54 Å². The zero-order valence-electron chi connectivity index (χ0n) is 11.8. The Balaban J connectivity index is 1.76. The monoisotopic (exact) mass is 317 g/mol. The van der Waals surface area contributed by atoms with Crippen LogP contribution in [0.1, 0.15) is 11.4 Å². The van der Waals surface area contributed by atoms with Gasteiger partial charge in [-0.3, -0.25) is 0 Å². The Morgan fingerprint density at radius 1 is 1.05 bits per heavy atom. The van der Waals surface area contributed by atoms with Crippen LogP contribution in [0.25, 0.3) is 0 Å². The minimum absolute atomic E-state index is 0.781. The van der Waals surface area contributed by atoms with Gasteiger partial charge >= 0.3 is 0 Å². The number of imidazole rings is 1. The summed E-state index contributed by atoms with van der Waals surface area (Å²) in [7, 11) is 5.15. The summed E-state index contributed by atoms with van der Waals surface area (Å²) in [4.78, 5) is 4.30. The summed E-state index contributed by atoms with van der Waals surface area (Å²) in [5, 5.41) is 10.3. The Kier molecular flexibility index (Phi) is 4.31. The van der Waals surface area contributed by atoms with Gasteiger partial charge in [-0.1, -0.05) is 30.3 Å². The van der Waals surface area contributed by atoms with E-state index < -0.39 is 0 Å². The number of hydrogen-bond donors (Lipinski definition) is 0. The molecule has 21 heavy (non-hydrogen) atoms. The van der Waals surface area contributed by atoms with Crippen LogP contribution in [-0.4, -0.2) is 24.3 Å². The number of nitrogens with zero attached hydrogens (tertiary/aromatic N) is 5. The molecule has 108 valence electrons. The predicted molar refractivity (Wildman–Crippen MR) is 85.2 cm³/mol. The number of benzene rings is 1. The molecule has 0 spiro atoms. The third-order valence-electron chi connectivity index (χ3n) is 3.05. The SMILES string of the molecule is Cc1nnc(SSc2nccn2C)n1Cc1ccccc1. The van der Waals surface area contributed by atoms with E-state index in [-0.39, 0.29) is 0 Å².